The van der Waals surface area contributed by atoms with Crippen LogP contribution in [0.5, 0.6) is 5.75 Å². The number of nitrogens with zero attached hydrogens (tertiary/aromatic N) is 1. The zero-order valence-corrected chi connectivity index (χ0v) is 16.1. The number of hydrogen-bond acceptors (Lipinski definition) is 3. The summed E-state index contributed by atoms with van der Waals surface area (Å²) < 4.78 is 5.28. The molecule has 0 saturated carbocycles. The van der Waals surface area contributed by atoms with E-state index in [1.54, 1.807) is 7.11 Å². The van der Waals surface area contributed by atoms with Crippen molar-refractivity contribution in [3.63, 3.8) is 0 Å². The summed E-state index contributed by atoms with van der Waals surface area (Å²) in [5.74, 6) is 1.37. The number of likely N-dealkylation sites (tertiary alicyclic amines) is 1. The SMILES string of the molecule is COc1cccc(C(C)C(=O)N2C[C@@H](CN)[C@H](c3ccccc3)C2)c1.Cl. The Hall–Kier alpha value is -2.04. The van der Waals surface area contributed by atoms with Gasteiger partial charge in [-0.15, -0.1) is 12.4 Å². The summed E-state index contributed by atoms with van der Waals surface area (Å²) in [6.07, 6.45) is 0. The molecular formula is C21H27ClN2O2. The first kappa shape index (κ1) is 20.3. The Bertz CT molecular complexity index is 723. The number of amides is 1. The van der Waals surface area contributed by atoms with Crippen molar-refractivity contribution >= 4 is 18.3 Å². The van der Waals surface area contributed by atoms with Crippen molar-refractivity contribution in [3.8, 4) is 5.75 Å². The molecule has 5 heteroatoms. The lowest BCUT2D eigenvalue weighted by Crippen LogP contribution is -2.33. The number of halogens is 1. The predicted octanol–water partition coefficient (Wildman–Crippen LogP) is 3.42. The van der Waals surface area contributed by atoms with Crippen molar-refractivity contribution in [1.29, 1.82) is 0 Å². The zero-order valence-electron chi connectivity index (χ0n) is 15.3. The smallest absolute Gasteiger partial charge is 0.229 e. The van der Waals surface area contributed by atoms with Gasteiger partial charge in [-0.05, 0) is 42.6 Å². The Balaban J connectivity index is 0.00000243. The summed E-state index contributed by atoms with van der Waals surface area (Å²) in [6, 6.07) is 18.1. The third-order valence-corrected chi connectivity index (χ3v) is 5.25. The number of carbonyl (C=O) groups is 1. The lowest BCUT2D eigenvalue weighted by atomic mass is 9.89. The maximum absolute atomic E-state index is 13.0. The van der Waals surface area contributed by atoms with Crippen LogP contribution in [0, 0.1) is 5.92 Å². The molecule has 0 bridgehead atoms. The largest absolute Gasteiger partial charge is 0.497 e. The molecule has 0 spiro atoms. The summed E-state index contributed by atoms with van der Waals surface area (Å²) in [5, 5.41) is 0. The molecule has 4 nitrogen and oxygen atoms in total. The molecule has 1 aliphatic heterocycles. The monoisotopic (exact) mass is 374 g/mol. The molecule has 0 aliphatic carbocycles. The van der Waals surface area contributed by atoms with Crippen LogP contribution in [-0.4, -0.2) is 37.6 Å². The Morgan fingerprint density at radius 1 is 1.19 bits per heavy atom. The van der Waals surface area contributed by atoms with Gasteiger partial charge >= 0.3 is 0 Å². The van der Waals surface area contributed by atoms with E-state index in [9.17, 15) is 4.79 Å². The van der Waals surface area contributed by atoms with Gasteiger partial charge in [-0.25, -0.2) is 0 Å². The van der Waals surface area contributed by atoms with E-state index in [0.29, 0.717) is 18.4 Å². The van der Waals surface area contributed by atoms with Gasteiger partial charge in [0.1, 0.15) is 5.75 Å². The average Bonchev–Trinajstić information content (AvgIpc) is 3.12. The average molecular weight is 375 g/mol. The summed E-state index contributed by atoms with van der Waals surface area (Å²) in [6.45, 7) is 4.02. The highest BCUT2D eigenvalue weighted by atomic mass is 35.5. The van der Waals surface area contributed by atoms with Gasteiger partial charge in [-0.3, -0.25) is 4.79 Å². The second-order valence-corrected chi connectivity index (χ2v) is 6.75. The van der Waals surface area contributed by atoms with E-state index < -0.39 is 0 Å². The van der Waals surface area contributed by atoms with Crippen molar-refractivity contribution in [3.05, 3.63) is 65.7 Å². The lowest BCUT2D eigenvalue weighted by Gasteiger charge is -2.21. The van der Waals surface area contributed by atoms with E-state index in [-0.39, 0.29) is 24.2 Å². The van der Waals surface area contributed by atoms with Crippen LogP contribution < -0.4 is 10.5 Å². The van der Waals surface area contributed by atoms with E-state index in [4.69, 9.17) is 10.5 Å². The van der Waals surface area contributed by atoms with Gasteiger partial charge in [0.2, 0.25) is 5.91 Å². The summed E-state index contributed by atoms with van der Waals surface area (Å²) in [4.78, 5) is 15.0. The topological polar surface area (TPSA) is 55.6 Å². The molecule has 2 aromatic rings. The molecule has 1 aliphatic rings. The highest BCUT2D eigenvalue weighted by Crippen LogP contribution is 2.34. The van der Waals surface area contributed by atoms with Crippen molar-refractivity contribution < 1.29 is 9.53 Å². The number of ether oxygens (including phenoxy) is 1. The van der Waals surface area contributed by atoms with Crippen LogP contribution >= 0.6 is 12.4 Å². The van der Waals surface area contributed by atoms with Crippen LogP contribution in [0.1, 0.15) is 29.9 Å². The van der Waals surface area contributed by atoms with Crippen molar-refractivity contribution in [1.82, 2.24) is 4.90 Å². The molecule has 1 fully saturated rings. The molecule has 2 aromatic carbocycles. The van der Waals surface area contributed by atoms with Crippen LogP contribution in [0.2, 0.25) is 0 Å². The van der Waals surface area contributed by atoms with Crippen LogP contribution in [0.25, 0.3) is 0 Å². The van der Waals surface area contributed by atoms with Crippen molar-refractivity contribution in [2.24, 2.45) is 11.7 Å². The zero-order chi connectivity index (χ0) is 17.8. The van der Waals surface area contributed by atoms with E-state index in [2.05, 4.69) is 12.1 Å². The van der Waals surface area contributed by atoms with Gasteiger partial charge in [0.15, 0.2) is 0 Å². The number of methoxy groups -OCH3 is 1. The molecule has 1 unspecified atom stereocenters. The van der Waals surface area contributed by atoms with Crippen LogP contribution in [0.15, 0.2) is 54.6 Å². The fourth-order valence-electron chi connectivity index (χ4n) is 3.70. The predicted molar refractivity (Wildman–Crippen MR) is 107 cm³/mol. The fourth-order valence-corrected chi connectivity index (χ4v) is 3.70. The quantitative estimate of drug-likeness (QED) is 0.872. The Morgan fingerprint density at radius 3 is 2.58 bits per heavy atom. The number of rotatable bonds is 5. The Labute approximate surface area is 161 Å². The van der Waals surface area contributed by atoms with E-state index in [1.807, 2.05) is 54.3 Å². The minimum atomic E-state index is -0.192. The number of benzene rings is 2. The third-order valence-electron chi connectivity index (χ3n) is 5.25. The van der Waals surface area contributed by atoms with Gasteiger partial charge in [0, 0.05) is 19.0 Å². The van der Waals surface area contributed by atoms with E-state index in [0.717, 1.165) is 24.4 Å². The molecule has 1 heterocycles. The second-order valence-electron chi connectivity index (χ2n) is 6.75. The normalized spacial score (nSPS) is 20.3. The summed E-state index contributed by atoms with van der Waals surface area (Å²) in [5.41, 5.74) is 8.24. The first-order valence-electron chi connectivity index (χ1n) is 8.81. The standard InChI is InChI=1S/C21H26N2O2.ClH/c1-15(17-9-6-10-19(11-17)25-2)21(24)23-13-18(12-22)20(14-23)16-7-4-3-5-8-16;/h3-11,15,18,20H,12-14,22H2,1-2H3;1H/t15?,18-,20+;/m1./s1. The minimum absolute atomic E-state index is 0. The molecule has 3 atom stereocenters. The molecular weight excluding hydrogens is 348 g/mol. The van der Waals surface area contributed by atoms with Crippen molar-refractivity contribution in [2.75, 3.05) is 26.7 Å². The lowest BCUT2D eigenvalue weighted by molar-refractivity contribution is -0.131. The summed E-state index contributed by atoms with van der Waals surface area (Å²) in [7, 11) is 1.64. The molecule has 1 saturated heterocycles. The minimum Gasteiger partial charge on any atom is -0.497 e. The maximum atomic E-state index is 13.0. The highest BCUT2D eigenvalue weighted by molar-refractivity contribution is 5.85. The Kier molecular flexibility index (Phi) is 7.06. The molecule has 1 amide bonds. The molecule has 3 rings (SSSR count). The summed E-state index contributed by atoms with van der Waals surface area (Å²) >= 11 is 0. The first-order chi connectivity index (χ1) is 12.1. The fraction of sp³-hybridized carbons (Fsp3) is 0.381. The number of hydrogen-bond donors (Lipinski definition) is 1. The molecule has 0 radical (unpaired) electrons. The van der Waals surface area contributed by atoms with Gasteiger partial charge in [0.25, 0.3) is 0 Å². The van der Waals surface area contributed by atoms with Crippen LogP contribution in [-0.2, 0) is 4.79 Å². The van der Waals surface area contributed by atoms with E-state index >= 15 is 0 Å². The van der Waals surface area contributed by atoms with Gasteiger partial charge in [-0.2, -0.15) is 0 Å². The second kappa shape index (κ2) is 9.06. The molecule has 26 heavy (non-hydrogen) atoms. The van der Waals surface area contributed by atoms with Gasteiger partial charge in [-0.1, -0.05) is 42.5 Å². The van der Waals surface area contributed by atoms with E-state index in [1.165, 1.54) is 5.56 Å². The van der Waals surface area contributed by atoms with Gasteiger partial charge in [0.05, 0.1) is 13.0 Å². The van der Waals surface area contributed by atoms with Crippen LogP contribution in [0.3, 0.4) is 0 Å². The van der Waals surface area contributed by atoms with Crippen LogP contribution in [0.4, 0.5) is 0 Å². The molecule has 0 aromatic heterocycles. The first-order valence-corrected chi connectivity index (χ1v) is 8.81. The Morgan fingerprint density at radius 2 is 1.92 bits per heavy atom. The maximum Gasteiger partial charge on any atom is 0.229 e. The van der Waals surface area contributed by atoms with Crippen molar-refractivity contribution in [2.45, 2.75) is 18.8 Å². The molecule has 2 N–H and O–H groups in total. The third kappa shape index (κ3) is 4.19. The number of carbonyl (C=O) groups excluding carboxylic acids is 1. The molecule has 140 valence electrons. The highest BCUT2D eigenvalue weighted by Gasteiger charge is 2.36. The number of nitrogens with two attached hydrogens (primary N) is 1. The van der Waals surface area contributed by atoms with Gasteiger partial charge < -0.3 is 15.4 Å².